The second kappa shape index (κ2) is 6.39. The summed E-state index contributed by atoms with van der Waals surface area (Å²) in [4.78, 5) is 6.51. The Morgan fingerprint density at radius 2 is 2.09 bits per heavy atom. The summed E-state index contributed by atoms with van der Waals surface area (Å²) in [6.45, 7) is 3.33. The van der Waals surface area contributed by atoms with Crippen molar-refractivity contribution >= 4 is 5.82 Å². The number of anilines is 1. The number of piperidine rings is 1. The molecule has 0 radical (unpaired) electrons. The number of hydrogen-bond acceptors (Lipinski definition) is 4. The standard InChI is InChI=1S/C19H21N3O/c1-19(23)9-11-22(18-16(13-20)8-5-10-21-18)14-17(19)12-15-6-3-2-4-7-15/h2-8,10,17,23H,9,11-12,14H2,1H3/t17-,19+/m1/s1. The zero-order valence-electron chi connectivity index (χ0n) is 13.3. The topological polar surface area (TPSA) is 60.1 Å². The van der Waals surface area contributed by atoms with Crippen molar-refractivity contribution in [2.24, 2.45) is 5.92 Å². The van der Waals surface area contributed by atoms with E-state index in [1.54, 1.807) is 18.3 Å². The summed E-state index contributed by atoms with van der Waals surface area (Å²) in [5, 5.41) is 20.1. The van der Waals surface area contributed by atoms with Crippen molar-refractivity contribution in [1.82, 2.24) is 4.98 Å². The van der Waals surface area contributed by atoms with Crippen LogP contribution in [0.5, 0.6) is 0 Å². The average molecular weight is 307 g/mol. The van der Waals surface area contributed by atoms with Crippen molar-refractivity contribution in [3.63, 3.8) is 0 Å². The van der Waals surface area contributed by atoms with Crippen LogP contribution in [0, 0.1) is 17.2 Å². The first-order chi connectivity index (χ1) is 11.1. The van der Waals surface area contributed by atoms with Gasteiger partial charge in [-0.1, -0.05) is 30.3 Å². The smallest absolute Gasteiger partial charge is 0.146 e. The minimum atomic E-state index is -0.700. The third kappa shape index (κ3) is 3.35. The van der Waals surface area contributed by atoms with Crippen molar-refractivity contribution in [1.29, 1.82) is 5.26 Å². The van der Waals surface area contributed by atoms with E-state index in [4.69, 9.17) is 0 Å². The number of aromatic nitrogens is 1. The van der Waals surface area contributed by atoms with E-state index >= 15 is 0 Å². The van der Waals surface area contributed by atoms with Crippen molar-refractivity contribution in [3.05, 3.63) is 59.8 Å². The van der Waals surface area contributed by atoms with Crippen LogP contribution >= 0.6 is 0 Å². The largest absolute Gasteiger partial charge is 0.390 e. The van der Waals surface area contributed by atoms with Crippen LogP contribution in [0.2, 0.25) is 0 Å². The van der Waals surface area contributed by atoms with Gasteiger partial charge in [0.1, 0.15) is 11.9 Å². The number of aliphatic hydroxyl groups is 1. The molecule has 23 heavy (non-hydrogen) atoms. The summed E-state index contributed by atoms with van der Waals surface area (Å²) >= 11 is 0. The summed E-state index contributed by atoms with van der Waals surface area (Å²) in [6, 6.07) is 16.0. The molecule has 0 amide bonds. The number of rotatable bonds is 3. The molecule has 4 nitrogen and oxygen atoms in total. The van der Waals surface area contributed by atoms with Gasteiger partial charge < -0.3 is 10.0 Å². The molecule has 1 aliphatic heterocycles. The molecule has 0 unspecified atom stereocenters. The second-order valence-corrected chi connectivity index (χ2v) is 6.43. The molecule has 0 spiro atoms. The van der Waals surface area contributed by atoms with E-state index in [0.717, 1.165) is 12.2 Å². The van der Waals surface area contributed by atoms with E-state index in [-0.39, 0.29) is 5.92 Å². The zero-order chi connectivity index (χ0) is 16.3. The van der Waals surface area contributed by atoms with Gasteiger partial charge >= 0.3 is 0 Å². The molecule has 118 valence electrons. The molecule has 2 atom stereocenters. The Morgan fingerprint density at radius 3 is 2.83 bits per heavy atom. The van der Waals surface area contributed by atoms with Gasteiger partial charge in [0, 0.05) is 25.2 Å². The Hall–Kier alpha value is -2.38. The number of nitrogens with zero attached hydrogens (tertiary/aromatic N) is 3. The maximum Gasteiger partial charge on any atom is 0.146 e. The van der Waals surface area contributed by atoms with Crippen molar-refractivity contribution in [2.75, 3.05) is 18.0 Å². The Balaban J connectivity index is 1.83. The number of benzene rings is 1. The SMILES string of the molecule is C[C@]1(O)CCN(c2ncccc2C#N)C[C@H]1Cc1ccccc1. The fourth-order valence-electron chi connectivity index (χ4n) is 3.23. The highest BCUT2D eigenvalue weighted by Crippen LogP contribution is 2.33. The maximum atomic E-state index is 10.8. The fraction of sp³-hybridized carbons (Fsp3) is 0.368. The van der Waals surface area contributed by atoms with E-state index < -0.39 is 5.60 Å². The van der Waals surface area contributed by atoms with Crippen LogP contribution < -0.4 is 4.90 Å². The fourth-order valence-corrected chi connectivity index (χ4v) is 3.23. The quantitative estimate of drug-likeness (QED) is 0.947. The van der Waals surface area contributed by atoms with Gasteiger partial charge in [0.2, 0.25) is 0 Å². The molecule has 3 rings (SSSR count). The van der Waals surface area contributed by atoms with Crippen LogP contribution in [-0.4, -0.2) is 28.8 Å². The predicted molar refractivity (Wildman–Crippen MR) is 90.0 cm³/mol. The molecule has 1 saturated heterocycles. The van der Waals surface area contributed by atoms with E-state index in [1.807, 2.05) is 25.1 Å². The zero-order valence-corrected chi connectivity index (χ0v) is 13.3. The highest BCUT2D eigenvalue weighted by molar-refractivity contribution is 5.54. The molecule has 0 bridgehead atoms. The Bertz CT molecular complexity index is 706. The lowest BCUT2D eigenvalue weighted by Crippen LogP contribution is -2.51. The lowest BCUT2D eigenvalue weighted by Gasteiger charge is -2.43. The summed E-state index contributed by atoms with van der Waals surface area (Å²) in [6.07, 6.45) is 3.21. The minimum absolute atomic E-state index is 0.104. The molecule has 2 heterocycles. The minimum Gasteiger partial charge on any atom is -0.390 e. The molecule has 1 aromatic carbocycles. The number of hydrogen-bond donors (Lipinski definition) is 1. The van der Waals surface area contributed by atoms with Crippen molar-refractivity contribution in [2.45, 2.75) is 25.4 Å². The Labute approximate surface area is 137 Å². The van der Waals surface area contributed by atoms with Crippen LogP contribution in [0.4, 0.5) is 5.82 Å². The van der Waals surface area contributed by atoms with Gasteiger partial charge in [-0.15, -0.1) is 0 Å². The first-order valence-corrected chi connectivity index (χ1v) is 7.96. The lowest BCUT2D eigenvalue weighted by molar-refractivity contribution is -0.0168. The van der Waals surface area contributed by atoms with Crippen LogP contribution in [0.1, 0.15) is 24.5 Å². The van der Waals surface area contributed by atoms with Crippen LogP contribution in [0.15, 0.2) is 48.7 Å². The molecule has 1 fully saturated rings. The molecule has 0 aliphatic carbocycles. The van der Waals surface area contributed by atoms with Gasteiger partial charge in [0.25, 0.3) is 0 Å². The highest BCUT2D eigenvalue weighted by atomic mass is 16.3. The number of nitriles is 1. The van der Waals surface area contributed by atoms with Gasteiger partial charge in [-0.25, -0.2) is 4.98 Å². The van der Waals surface area contributed by atoms with Crippen LogP contribution in [-0.2, 0) is 6.42 Å². The Morgan fingerprint density at radius 1 is 1.30 bits per heavy atom. The van der Waals surface area contributed by atoms with Crippen molar-refractivity contribution < 1.29 is 5.11 Å². The summed E-state index contributed by atoms with van der Waals surface area (Å²) in [7, 11) is 0. The van der Waals surface area contributed by atoms with E-state index in [1.165, 1.54) is 5.56 Å². The third-order valence-electron chi connectivity index (χ3n) is 4.74. The molecule has 0 saturated carbocycles. The van der Waals surface area contributed by atoms with Gasteiger partial charge in [-0.2, -0.15) is 5.26 Å². The number of pyridine rings is 1. The first kappa shape index (κ1) is 15.5. The molecule has 1 aliphatic rings. The van der Waals surface area contributed by atoms with Crippen LogP contribution in [0.3, 0.4) is 0 Å². The van der Waals surface area contributed by atoms with E-state index in [2.05, 4.69) is 28.1 Å². The predicted octanol–water partition coefficient (Wildman–Crippen LogP) is 2.77. The van der Waals surface area contributed by atoms with E-state index in [0.29, 0.717) is 25.1 Å². The molecule has 4 heteroatoms. The molecule has 1 aromatic heterocycles. The third-order valence-corrected chi connectivity index (χ3v) is 4.74. The van der Waals surface area contributed by atoms with Gasteiger partial charge in [0.05, 0.1) is 11.2 Å². The highest BCUT2D eigenvalue weighted by Gasteiger charge is 2.38. The van der Waals surface area contributed by atoms with Crippen LogP contribution in [0.25, 0.3) is 0 Å². The summed E-state index contributed by atoms with van der Waals surface area (Å²) < 4.78 is 0. The van der Waals surface area contributed by atoms with Gasteiger partial charge in [-0.05, 0) is 37.5 Å². The maximum absolute atomic E-state index is 10.8. The lowest BCUT2D eigenvalue weighted by atomic mass is 9.79. The molecular formula is C19H21N3O. The molecular weight excluding hydrogens is 286 g/mol. The monoisotopic (exact) mass is 307 g/mol. The molecule has 1 N–H and O–H groups in total. The van der Waals surface area contributed by atoms with Gasteiger partial charge in [-0.3, -0.25) is 0 Å². The van der Waals surface area contributed by atoms with Gasteiger partial charge in [0.15, 0.2) is 0 Å². The summed E-state index contributed by atoms with van der Waals surface area (Å²) in [5.74, 6) is 0.829. The van der Waals surface area contributed by atoms with E-state index in [9.17, 15) is 10.4 Å². The Kier molecular flexibility index (Phi) is 4.31. The first-order valence-electron chi connectivity index (χ1n) is 7.96. The summed E-state index contributed by atoms with van der Waals surface area (Å²) in [5.41, 5.74) is 1.11. The second-order valence-electron chi connectivity index (χ2n) is 6.43. The average Bonchev–Trinajstić information content (AvgIpc) is 2.58. The van der Waals surface area contributed by atoms with Crippen molar-refractivity contribution in [3.8, 4) is 6.07 Å². The molecule has 2 aromatic rings. The normalized spacial score (nSPS) is 24.2.